The summed E-state index contributed by atoms with van der Waals surface area (Å²) < 4.78 is 0. The fourth-order valence-corrected chi connectivity index (χ4v) is 2.47. The summed E-state index contributed by atoms with van der Waals surface area (Å²) >= 11 is 0. The van der Waals surface area contributed by atoms with E-state index in [1.165, 1.54) is 11.3 Å². The molecule has 1 atom stereocenters. The molecule has 112 valence electrons. The van der Waals surface area contributed by atoms with Crippen molar-refractivity contribution in [1.29, 1.82) is 0 Å². The van der Waals surface area contributed by atoms with Gasteiger partial charge in [-0.15, -0.1) is 0 Å². The van der Waals surface area contributed by atoms with E-state index in [4.69, 9.17) is 0 Å². The van der Waals surface area contributed by atoms with Crippen molar-refractivity contribution in [3.8, 4) is 0 Å². The number of Topliss-reactive ketones (excluding diaryl/α,β-unsaturated/α-hetero) is 1. The number of hydrogen-bond donors (Lipinski definition) is 1. The van der Waals surface area contributed by atoms with Gasteiger partial charge in [-0.3, -0.25) is 9.59 Å². The second-order valence-electron chi connectivity index (χ2n) is 5.38. The van der Waals surface area contributed by atoms with Crippen molar-refractivity contribution in [2.75, 3.05) is 7.05 Å². The Morgan fingerprint density at radius 1 is 1.35 bits per heavy atom. The molecule has 0 saturated heterocycles. The van der Waals surface area contributed by atoms with Crippen LogP contribution in [0.5, 0.6) is 0 Å². The van der Waals surface area contributed by atoms with Crippen molar-refractivity contribution in [1.82, 2.24) is 4.90 Å². The summed E-state index contributed by atoms with van der Waals surface area (Å²) in [6.07, 6.45) is 6.81. The highest BCUT2D eigenvalue weighted by Gasteiger charge is 2.37. The minimum atomic E-state index is -0.402. The molecule has 0 unspecified atom stereocenters. The van der Waals surface area contributed by atoms with Gasteiger partial charge in [0.15, 0.2) is 11.5 Å². The van der Waals surface area contributed by atoms with E-state index in [1.807, 2.05) is 6.92 Å². The number of carbonyl (C=O) groups excluding carboxylic acids is 2. The highest BCUT2D eigenvalue weighted by Crippen LogP contribution is 2.29. The van der Waals surface area contributed by atoms with Gasteiger partial charge in [0, 0.05) is 13.0 Å². The number of aliphatic hydroxyl groups excluding tert-OH is 1. The Morgan fingerprint density at radius 3 is 2.50 bits per heavy atom. The summed E-state index contributed by atoms with van der Waals surface area (Å²) in [5.41, 5.74) is 0.361. The maximum Gasteiger partial charge on any atom is 0.265 e. The first-order chi connectivity index (χ1) is 9.45. The van der Waals surface area contributed by atoms with Crippen LogP contribution >= 0.6 is 0 Å². The zero-order valence-electron chi connectivity index (χ0n) is 12.9. The highest BCUT2D eigenvalue weighted by molar-refractivity contribution is 6.23. The summed E-state index contributed by atoms with van der Waals surface area (Å²) in [7, 11) is 1.57. The van der Waals surface area contributed by atoms with E-state index in [-0.39, 0.29) is 23.0 Å². The number of unbranched alkanes of at least 4 members (excludes halogenated alkanes) is 3. The first-order valence-electron chi connectivity index (χ1n) is 7.37. The molecule has 20 heavy (non-hydrogen) atoms. The van der Waals surface area contributed by atoms with Gasteiger partial charge < -0.3 is 10.0 Å². The van der Waals surface area contributed by atoms with Gasteiger partial charge in [-0.1, -0.05) is 45.6 Å². The lowest BCUT2D eigenvalue weighted by Crippen LogP contribution is -2.25. The van der Waals surface area contributed by atoms with Gasteiger partial charge >= 0.3 is 0 Å². The molecule has 0 aromatic rings. The zero-order chi connectivity index (χ0) is 15.3. The molecule has 0 saturated carbocycles. The molecule has 1 N–H and O–H groups in total. The molecule has 0 radical (unpaired) electrons. The fraction of sp³-hybridized carbons (Fsp3) is 0.625. The first kappa shape index (κ1) is 16.5. The van der Waals surface area contributed by atoms with Gasteiger partial charge in [0.2, 0.25) is 0 Å². The molecule has 0 bridgehead atoms. The van der Waals surface area contributed by atoms with E-state index < -0.39 is 5.91 Å². The summed E-state index contributed by atoms with van der Waals surface area (Å²) in [5.74, 6) is -1.04. The van der Waals surface area contributed by atoms with Crippen molar-refractivity contribution in [3.63, 3.8) is 0 Å². The van der Waals surface area contributed by atoms with Crippen LogP contribution in [0.1, 0.15) is 52.9 Å². The third-order valence-electron chi connectivity index (χ3n) is 3.82. The van der Waals surface area contributed by atoms with E-state index in [0.29, 0.717) is 5.70 Å². The SMILES string of the molecule is C/C=C1\C(O)=C(C(=O)[C@@H](C)CCCCCC)C(=O)N1C. The summed E-state index contributed by atoms with van der Waals surface area (Å²) in [6, 6.07) is 0. The largest absolute Gasteiger partial charge is 0.505 e. The molecule has 0 aromatic carbocycles. The Labute approximate surface area is 121 Å². The van der Waals surface area contributed by atoms with Gasteiger partial charge in [0.1, 0.15) is 5.57 Å². The zero-order valence-corrected chi connectivity index (χ0v) is 12.9. The van der Waals surface area contributed by atoms with Crippen LogP contribution in [0, 0.1) is 5.92 Å². The Balaban J connectivity index is 2.76. The van der Waals surface area contributed by atoms with Gasteiger partial charge in [-0.05, 0) is 13.3 Å². The minimum Gasteiger partial charge on any atom is -0.505 e. The normalized spacial score (nSPS) is 19.1. The maximum absolute atomic E-state index is 12.3. The summed E-state index contributed by atoms with van der Waals surface area (Å²) in [4.78, 5) is 25.7. The smallest absolute Gasteiger partial charge is 0.265 e. The predicted octanol–water partition coefficient (Wildman–Crippen LogP) is 3.35. The van der Waals surface area contributed by atoms with Crippen molar-refractivity contribution in [2.45, 2.75) is 52.9 Å². The monoisotopic (exact) mass is 279 g/mol. The molecule has 0 aromatic heterocycles. The molecular weight excluding hydrogens is 254 g/mol. The van der Waals surface area contributed by atoms with Crippen molar-refractivity contribution in [2.24, 2.45) is 5.92 Å². The van der Waals surface area contributed by atoms with E-state index in [9.17, 15) is 14.7 Å². The third kappa shape index (κ3) is 3.30. The number of rotatable bonds is 7. The minimum absolute atomic E-state index is 0.0522. The number of nitrogens with zero attached hydrogens (tertiary/aromatic N) is 1. The van der Waals surface area contributed by atoms with Gasteiger partial charge in [-0.25, -0.2) is 0 Å². The molecule has 1 aliphatic rings. The lowest BCUT2D eigenvalue weighted by molar-refractivity contribution is -0.127. The third-order valence-corrected chi connectivity index (χ3v) is 3.82. The highest BCUT2D eigenvalue weighted by atomic mass is 16.3. The van der Waals surface area contributed by atoms with Crippen molar-refractivity contribution >= 4 is 11.7 Å². The number of hydrogen-bond acceptors (Lipinski definition) is 3. The fourth-order valence-electron chi connectivity index (χ4n) is 2.47. The van der Waals surface area contributed by atoms with Crippen LogP contribution in [0.2, 0.25) is 0 Å². The molecule has 0 spiro atoms. The molecule has 0 aliphatic carbocycles. The summed E-state index contributed by atoms with van der Waals surface area (Å²) in [5, 5.41) is 10.0. The quantitative estimate of drug-likeness (QED) is 0.574. The number of ketones is 1. The second-order valence-corrected chi connectivity index (χ2v) is 5.38. The molecule has 1 heterocycles. The number of amides is 1. The van der Waals surface area contributed by atoms with Crippen LogP contribution < -0.4 is 0 Å². The molecule has 1 aliphatic heterocycles. The summed E-state index contributed by atoms with van der Waals surface area (Å²) in [6.45, 7) is 5.70. The van der Waals surface area contributed by atoms with Crippen LogP contribution in [0.3, 0.4) is 0 Å². The van der Waals surface area contributed by atoms with Crippen molar-refractivity contribution in [3.05, 3.63) is 23.1 Å². The van der Waals surface area contributed by atoms with Crippen LogP contribution in [-0.2, 0) is 9.59 Å². The van der Waals surface area contributed by atoms with Gasteiger partial charge in [-0.2, -0.15) is 0 Å². The lowest BCUT2D eigenvalue weighted by Gasteiger charge is -2.12. The number of aliphatic hydroxyl groups is 1. The van der Waals surface area contributed by atoms with Crippen LogP contribution in [0.4, 0.5) is 0 Å². The van der Waals surface area contributed by atoms with Gasteiger partial charge in [0.25, 0.3) is 5.91 Å². The second kappa shape index (κ2) is 7.27. The number of likely N-dealkylation sites (N-methyl/N-ethyl adjacent to an activating group) is 1. The Bertz CT molecular complexity index is 449. The Kier molecular flexibility index (Phi) is 5.99. The van der Waals surface area contributed by atoms with Crippen LogP contribution in [0.15, 0.2) is 23.1 Å². The van der Waals surface area contributed by atoms with Crippen LogP contribution in [0.25, 0.3) is 0 Å². The average molecular weight is 279 g/mol. The standard InChI is InChI=1S/C16H25NO3/c1-5-7-8-9-10-11(3)14(18)13-15(19)12(6-2)17(4)16(13)20/h6,11,19H,5,7-10H2,1-4H3/b12-6+/t11-/m0/s1. The number of allylic oxidation sites excluding steroid dienone is 1. The Morgan fingerprint density at radius 2 is 2.00 bits per heavy atom. The topological polar surface area (TPSA) is 57.6 Å². The predicted molar refractivity (Wildman–Crippen MR) is 79.1 cm³/mol. The molecule has 4 nitrogen and oxygen atoms in total. The molecule has 1 amide bonds. The first-order valence-corrected chi connectivity index (χ1v) is 7.37. The molecule has 0 fully saturated rings. The van der Waals surface area contributed by atoms with E-state index in [0.717, 1.165) is 25.7 Å². The average Bonchev–Trinajstić information content (AvgIpc) is 2.64. The van der Waals surface area contributed by atoms with E-state index in [2.05, 4.69) is 6.92 Å². The number of carbonyl (C=O) groups is 2. The van der Waals surface area contributed by atoms with Crippen molar-refractivity contribution < 1.29 is 14.7 Å². The van der Waals surface area contributed by atoms with E-state index >= 15 is 0 Å². The lowest BCUT2D eigenvalue weighted by atomic mass is 9.93. The molecule has 4 heteroatoms. The molecule has 1 rings (SSSR count). The van der Waals surface area contributed by atoms with E-state index in [1.54, 1.807) is 20.0 Å². The van der Waals surface area contributed by atoms with Gasteiger partial charge in [0.05, 0.1) is 5.70 Å². The maximum atomic E-state index is 12.3. The molecular formula is C16H25NO3. The Hall–Kier alpha value is -1.58. The van der Waals surface area contributed by atoms with Crippen LogP contribution in [-0.4, -0.2) is 28.7 Å².